The fraction of sp³-hybridized carbons (Fsp3) is 0.615. The van der Waals surface area contributed by atoms with Crippen molar-refractivity contribution in [1.82, 2.24) is 4.98 Å². The van der Waals surface area contributed by atoms with Gasteiger partial charge in [0.25, 0.3) is 5.56 Å². The summed E-state index contributed by atoms with van der Waals surface area (Å²) in [6.45, 7) is 8.37. The van der Waals surface area contributed by atoms with Crippen LogP contribution in [-0.4, -0.2) is 29.8 Å². The number of nitrogens with two attached hydrogens (primary N) is 1. The van der Waals surface area contributed by atoms with Crippen LogP contribution in [0.1, 0.15) is 33.3 Å². The number of aromatic amines is 1. The number of rotatable bonds is 3. The summed E-state index contributed by atoms with van der Waals surface area (Å²) in [6.07, 6.45) is 2.12. The summed E-state index contributed by atoms with van der Waals surface area (Å²) in [4.78, 5) is 14.6. The van der Waals surface area contributed by atoms with Crippen LogP contribution >= 0.6 is 0 Å². The van der Waals surface area contributed by atoms with Crippen molar-refractivity contribution in [3.05, 3.63) is 28.2 Å². The Labute approximate surface area is 113 Å². The highest BCUT2D eigenvalue weighted by atomic mass is 16.7. The van der Waals surface area contributed by atoms with Gasteiger partial charge in [-0.05, 0) is 52.2 Å². The van der Waals surface area contributed by atoms with Gasteiger partial charge in [0, 0.05) is 11.8 Å². The van der Waals surface area contributed by atoms with Crippen LogP contribution in [0.4, 0.5) is 0 Å². The predicted octanol–water partition coefficient (Wildman–Crippen LogP) is 0.175. The molecule has 1 aliphatic heterocycles. The zero-order valence-electron chi connectivity index (χ0n) is 11.9. The van der Waals surface area contributed by atoms with E-state index < -0.39 is 18.3 Å². The maximum Gasteiger partial charge on any atom is 0.495 e. The number of nitrogens with one attached hydrogen (secondary N) is 1. The minimum atomic E-state index is -0.520. The van der Waals surface area contributed by atoms with Gasteiger partial charge in [-0.3, -0.25) is 4.79 Å². The van der Waals surface area contributed by atoms with E-state index in [-0.39, 0.29) is 5.56 Å². The van der Waals surface area contributed by atoms with E-state index in [0.717, 1.165) is 5.46 Å². The van der Waals surface area contributed by atoms with E-state index in [1.807, 2.05) is 33.8 Å². The Bertz CT molecular complexity index is 509. The molecule has 0 spiro atoms. The normalized spacial score (nSPS) is 20.8. The first-order chi connectivity index (χ1) is 8.78. The van der Waals surface area contributed by atoms with E-state index in [1.165, 1.54) is 0 Å². The van der Waals surface area contributed by atoms with Crippen molar-refractivity contribution in [2.75, 3.05) is 6.54 Å². The molecular weight excluding hydrogens is 243 g/mol. The lowest BCUT2D eigenvalue weighted by Crippen LogP contribution is -2.41. The molecule has 1 aromatic rings. The molecule has 0 amide bonds. The van der Waals surface area contributed by atoms with E-state index in [1.54, 1.807) is 6.20 Å². The first-order valence-electron chi connectivity index (χ1n) is 6.54. The lowest BCUT2D eigenvalue weighted by molar-refractivity contribution is 0.00578. The standard InChI is InChI=1S/C13H21BN2O3/c1-12(2)13(3,4)19-14(18-12)10-6-8-16-11(17)9(10)5-7-15/h6,8H,5,7,15H2,1-4H3,(H,16,17). The highest BCUT2D eigenvalue weighted by Crippen LogP contribution is 2.36. The van der Waals surface area contributed by atoms with Crippen LogP contribution in [-0.2, 0) is 15.7 Å². The van der Waals surface area contributed by atoms with E-state index in [2.05, 4.69) is 4.98 Å². The molecule has 0 saturated carbocycles. The third-order valence-electron chi connectivity index (χ3n) is 4.00. The van der Waals surface area contributed by atoms with Crippen LogP contribution in [0.15, 0.2) is 17.1 Å². The number of hydrogen-bond donors (Lipinski definition) is 2. The molecule has 2 rings (SSSR count). The average molecular weight is 264 g/mol. The summed E-state index contributed by atoms with van der Waals surface area (Å²) in [5, 5.41) is 0. The molecule has 5 nitrogen and oxygen atoms in total. The molecule has 0 unspecified atom stereocenters. The van der Waals surface area contributed by atoms with Crippen molar-refractivity contribution < 1.29 is 9.31 Å². The van der Waals surface area contributed by atoms with Gasteiger partial charge in [0.1, 0.15) is 0 Å². The van der Waals surface area contributed by atoms with Gasteiger partial charge in [0.2, 0.25) is 0 Å². The second-order valence-electron chi connectivity index (χ2n) is 5.87. The van der Waals surface area contributed by atoms with Gasteiger partial charge in [-0.25, -0.2) is 0 Å². The molecule has 1 aliphatic rings. The zero-order chi connectivity index (χ0) is 14.3. The maximum absolute atomic E-state index is 11.9. The Morgan fingerprint density at radius 1 is 1.26 bits per heavy atom. The van der Waals surface area contributed by atoms with Gasteiger partial charge in [-0.1, -0.05) is 0 Å². The summed E-state index contributed by atoms with van der Waals surface area (Å²) in [7, 11) is -0.520. The number of H-pyrrole nitrogens is 1. The van der Waals surface area contributed by atoms with Gasteiger partial charge >= 0.3 is 7.12 Å². The van der Waals surface area contributed by atoms with Gasteiger partial charge in [0.05, 0.1) is 11.2 Å². The summed E-state index contributed by atoms with van der Waals surface area (Å²) >= 11 is 0. The lowest BCUT2D eigenvalue weighted by atomic mass is 9.76. The van der Waals surface area contributed by atoms with Crippen LogP contribution in [0, 0.1) is 0 Å². The molecule has 0 atom stereocenters. The van der Waals surface area contributed by atoms with Crippen molar-refractivity contribution in [2.24, 2.45) is 5.73 Å². The summed E-state index contributed by atoms with van der Waals surface area (Å²) in [5.41, 5.74) is 6.02. The van der Waals surface area contributed by atoms with Crippen LogP contribution in [0.2, 0.25) is 0 Å². The monoisotopic (exact) mass is 264 g/mol. The fourth-order valence-electron chi connectivity index (χ4n) is 2.12. The second-order valence-corrected chi connectivity index (χ2v) is 5.87. The predicted molar refractivity (Wildman–Crippen MR) is 75.5 cm³/mol. The Balaban J connectivity index is 2.40. The van der Waals surface area contributed by atoms with Crippen LogP contribution in [0.25, 0.3) is 0 Å². The molecule has 1 aromatic heterocycles. The molecule has 104 valence electrons. The zero-order valence-corrected chi connectivity index (χ0v) is 11.9. The minimum Gasteiger partial charge on any atom is -0.399 e. The van der Waals surface area contributed by atoms with Crippen molar-refractivity contribution in [1.29, 1.82) is 0 Å². The molecule has 0 aliphatic carbocycles. The van der Waals surface area contributed by atoms with E-state index in [0.29, 0.717) is 18.5 Å². The molecular formula is C13H21BN2O3. The number of aromatic nitrogens is 1. The highest BCUT2D eigenvalue weighted by Gasteiger charge is 2.52. The van der Waals surface area contributed by atoms with E-state index in [4.69, 9.17) is 15.0 Å². The Hall–Kier alpha value is -1.11. The maximum atomic E-state index is 11.9. The number of pyridine rings is 1. The molecule has 1 saturated heterocycles. The molecule has 19 heavy (non-hydrogen) atoms. The molecule has 1 fully saturated rings. The SMILES string of the molecule is CC1(C)OB(c2cc[nH]c(=O)c2CCN)OC1(C)C. The van der Waals surface area contributed by atoms with E-state index >= 15 is 0 Å². The van der Waals surface area contributed by atoms with Gasteiger partial charge in [0.15, 0.2) is 0 Å². The quantitative estimate of drug-likeness (QED) is 0.763. The molecule has 0 radical (unpaired) electrons. The summed E-state index contributed by atoms with van der Waals surface area (Å²) < 4.78 is 12.0. The second kappa shape index (κ2) is 4.78. The van der Waals surface area contributed by atoms with Gasteiger partial charge in [-0.2, -0.15) is 0 Å². The molecule has 6 heteroatoms. The summed E-state index contributed by atoms with van der Waals surface area (Å²) in [5.74, 6) is 0. The lowest BCUT2D eigenvalue weighted by Gasteiger charge is -2.32. The first kappa shape index (κ1) is 14.3. The fourth-order valence-corrected chi connectivity index (χ4v) is 2.12. The van der Waals surface area contributed by atoms with Crippen molar-refractivity contribution >= 4 is 12.6 Å². The number of hydrogen-bond acceptors (Lipinski definition) is 4. The van der Waals surface area contributed by atoms with Gasteiger partial charge in [-0.15, -0.1) is 0 Å². The topological polar surface area (TPSA) is 77.3 Å². The van der Waals surface area contributed by atoms with Crippen LogP contribution in [0.3, 0.4) is 0 Å². The molecule has 3 N–H and O–H groups in total. The Morgan fingerprint density at radius 3 is 2.37 bits per heavy atom. The van der Waals surface area contributed by atoms with Crippen LogP contribution in [0.5, 0.6) is 0 Å². The van der Waals surface area contributed by atoms with Crippen molar-refractivity contribution in [3.63, 3.8) is 0 Å². The Kier molecular flexibility index (Phi) is 3.60. The largest absolute Gasteiger partial charge is 0.495 e. The smallest absolute Gasteiger partial charge is 0.399 e. The minimum absolute atomic E-state index is 0.127. The third kappa shape index (κ3) is 2.48. The van der Waals surface area contributed by atoms with Crippen molar-refractivity contribution in [2.45, 2.75) is 45.3 Å². The molecule has 0 bridgehead atoms. The van der Waals surface area contributed by atoms with E-state index in [9.17, 15) is 4.79 Å². The Morgan fingerprint density at radius 2 is 1.84 bits per heavy atom. The molecule has 0 aromatic carbocycles. The summed E-state index contributed by atoms with van der Waals surface area (Å²) in [6, 6.07) is 1.83. The first-order valence-corrected chi connectivity index (χ1v) is 6.54. The van der Waals surface area contributed by atoms with Crippen molar-refractivity contribution in [3.8, 4) is 0 Å². The average Bonchev–Trinajstić information content (AvgIpc) is 2.51. The highest BCUT2D eigenvalue weighted by molar-refractivity contribution is 6.62. The van der Waals surface area contributed by atoms with Crippen LogP contribution < -0.4 is 16.8 Å². The molecule has 2 heterocycles. The van der Waals surface area contributed by atoms with Gasteiger partial charge < -0.3 is 20.0 Å². The third-order valence-corrected chi connectivity index (χ3v) is 4.00.